The minimum Gasteiger partial charge on any atom is -0.508 e. The lowest BCUT2D eigenvalue weighted by atomic mass is 9.96. The van der Waals surface area contributed by atoms with Gasteiger partial charge in [-0.15, -0.1) is 0 Å². The van der Waals surface area contributed by atoms with Gasteiger partial charge in [-0.1, -0.05) is 72.2 Å². The van der Waals surface area contributed by atoms with Crippen LogP contribution < -0.4 is 92.9 Å². The summed E-state index contributed by atoms with van der Waals surface area (Å²) in [6.45, 7) is 10.5. The van der Waals surface area contributed by atoms with Crippen molar-refractivity contribution >= 4 is 107 Å². The Morgan fingerprint density at radius 2 is 0.882 bits per heavy atom. The largest absolute Gasteiger partial charge is 0.508 e. The lowest BCUT2D eigenvalue weighted by Gasteiger charge is -2.32. The number of nitrogens with two attached hydrogens (primary N) is 6. The first-order chi connectivity index (χ1) is 56.3. The number of amides is 14. The van der Waals surface area contributed by atoms with Crippen LogP contribution in [0.2, 0.25) is 0 Å². The van der Waals surface area contributed by atoms with Gasteiger partial charge in [0.15, 0.2) is 11.9 Å². The zero-order valence-electron chi connectivity index (χ0n) is 68.3. The lowest BCUT2D eigenvalue weighted by Crippen LogP contribution is -2.61. The number of phenols is 2. The maximum absolute atomic E-state index is 15.1. The molecule has 0 aromatic heterocycles. The lowest BCUT2D eigenvalue weighted by molar-refractivity contribution is -0.144. The van der Waals surface area contributed by atoms with Gasteiger partial charge in [-0.2, -0.15) is 0 Å². The summed E-state index contributed by atoms with van der Waals surface area (Å²) < 4.78 is 0. The summed E-state index contributed by atoms with van der Waals surface area (Å²) in [5, 5.41) is 68.7. The Kier molecular flexibility index (Phi) is 39.9. The molecule has 27 N–H and O–H groups in total. The number of nitrogens with one attached hydrogen (secondary N) is 11. The molecule has 3 aliphatic rings. The maximum Gasteiger partial charge on any atom is 0.326 e. The molecule has 0 unspecified atom stereocenters. The van der Waals surface area contributed by atoms with Gasteiger partial charge in [-0.25, -0.2) is 4.79 Å². The van der Waals surface area contributed by atoms with E-state index in [9.17, 15) is 87.5 Å². The quantitative estimate of drug-likeness (QED) is 0.0172. The average molecular weight is 1670 g/mol. The van der Waals surface area contributed by atoms with Gasteiger partial charge >= 0.3 is 11.9 Å². The van der Waals surface area contributed by atoms with Crippen LogP contribution in [0.3, 0.4) is 0 Å². The van der Waals surface area contributed by atoms with E-state index in [1.807, 2.05) is 0 Å². The number of carboxylic acid groups (broad SMARTS) is 2. The average Bonchev–Trinajstić information content (AvgIpc) is 1.76. The second-order valence-corrected chi connectivity index (χ2v) is 31.1. The van der Waals surface area contributed by atoms with Crippen molar-refractivity contribution in [1.82, 2.24) is 68.3 Å². The van der Waals surface area contributed by atoms with Gasteiger partial charge in [0, 0.05) is 51.9 Å². The predicted octanol–water partition coefficient (Wildman–Crippen LogP) is -3.81. The molecule has 3 aliphatic heterocycles. The zero-order valence-corrected chi connectivity index (χ0v) is 68.3. The molecule has 3 fully saturated rings. The van der Waals surface area contributed by atoms with Crippen LogP contribution in [0.5, 0.6) is 11.5 Å². The first-order valence-electron chi connectivity index (χ1n) is 40.3. The molecule has 0 aliphatic carbocycles. The predicted molar refractivity (Wildman–Crippen MR) is 433 cm³/mol. The Morgan fingerprint density at radius 3 is 1.34 bits per heavy atom. The molecular weight excluding hydrogens is 1550 g/mol. The highest BCUT2D eigenvalue weighted by atomic mass is 16.4. The number of aromatic hydroxyl groups is 2. The van der Waals surface area contributed by atoms with Gasteiger partial charge in [0.25, 0.3) is 0 Å². The summed E-state index contributed by atoms with van der Waals surface area (Å²) >= 11 is 0. The van der Waals surface area contributed by atoms with Gasteiger partial charge in [0.05, 0.1) is 6.42 Å². The van der Waals surface area contributed by atoms with E-state index in [2.05, 4.69) is 68.5 Å². The molecule has 0 saturated carbocycles. The van der Waals surface area contributed by atoms with Gasteiger partial charge in [-0.05, 0) is 156 Å². The molecule has 14 atom stereocenters. The Labute approximate surface area is 690 Å². The van der Waals surface area contributed by atoms with Crippen molar-refractivity contribution in [3.05, 3.63) is 59.7 Å². The standard InChI is InChI=1S/C78H121N21O20/c1-7-43(6)63(73(115)96-57(76(118)119)37-42(4)5)97-70(112)55(39-45-21-25-47(101)26-22-45)95-72(114)59-18-13-35-99(59)75(117)52(16-11-33-86-78(83)84)90-64(106)48(15-10-32-85-77(81)82)89-71(113)58-17-12-34-98(58)74(116)51(14-8-9-31-79)91-69(111)56(40-60(80)102)94-66(108)50(28-30-62(104)105)88-68(110)54(38-44-19-23-46(100)24-20-44)93-67(109)53(36-41(2)3)92-65(107)49-27-29-61(103)87-49/h19-26,41-43,48-59,63,100-101H,7-18,27-40,79H2,1-6H3,(H2,80,102)(H,87,103)(H,88,110)(H,89,113)(H,90,106)(H,91,111)(H,92,107)(H,93,109)(H,94,108)(H,95,114)(H,96,115)(H,97,112)(H,104,105)(H,118,119)(H4,81,82,85)(H4,83,84,86)/t43-,48-,49-,50-,51-,52-,53-,54-,55-,56-,57-,58-,59+,63-/m0/s1. The Morgan fingerprint density at radius 1 is 0.479 bits per heavy atom. The highest BCUT2D eigenvalue weighted by Crippen LogP contribution is 2.25. The van der Waals surface area contributed by atoms with E-state index < -0.39 is 192 Å². The van der Waals surface area contributed by atoms with Crippen molar-refractivity contribution in [2.24, 2.45) is 62.1 Å². The number of hydrogen-bond donors (Lipinski definition) is 21. The fourth-order valence-electron chi connectivity index (χ4n) is 14.0. The minimum atomic E-state index is -1.93. The smallest absolute Gasteiger partial charge is 0.326 e. The molecule has 2 aromatic rings. The molecule has 41 nitrogen and oxygen atoms in total. The van der Waals surface area contributed by atoms with Crippen LogP contribution in [0.25, 0.3) is 0 Å². The first kappa shape index (κ1) is 97.6. The first-order valence-corrected chi connectivity index (χ1v) is 40.3. The summed E-state index contributed by atoms with van der Waals surface area (Å²) in [5.41, 5.74) is 34.9. The SMILES string of the molecule is CC[C@H](C)[C@H](NC(=O)[C@H](Cc1ccc(O)cc1)NC(=O)[C@H]1CCCN1C(=O)[C@H](CCCN=C(N)N)NC(=O)[C@H](CCCN=C(N)N)NC(=O)[C@@H]1CCCN1C(=O)[C@H](CCCCN)NC(=O)[C@H](CC(N)=O)NC(=O)[C@H](CCC(=O)O)NC(=O)[C@H](Cc1ccc(O)cc1)NC(=O)[C@H](CC(C)C)NC(=O)[C@@H]1CCC(=O)N1)C(=O)N[C@@H](CC(C)C)C(=O)O. The third kappa shape index (κ3) is 32.8. The number of aliphatic imine (C=N–C) groups is 2. The van der Waals surface area contributed by atoms with Crippen molar-refractivity contribution in [1.29, 1.82) is 0 Å². The molecule has 0 bridgehead atoms. The topological polar surface area (TPSA) is 674 Å². The van der Waals surface area contributed by atoms with Gasteiger partial charge < -0.3 is 123 Å². The van der Waals surface area contributed by atoms with Crippen molar-refractivity contribution in [3.63, 3.8) is 0 Å². The van der Waals surface area contributed by atoms with Crippen molar-refractivity contribution in [3.8, 4) is 11.5 Å². The van der Waals surface area contributed by atoms with E-state index in [0.29, 0.717) is 24.0 Å². The van der Waals surface area contributed by atoms with E-state index in [4.69, 9.17) is 34.4 Å². The number of aliphatic carboxylic acids is 2. The second-order valence-electron chi connectivity index (χ2n) is 31.1. The molecule has 5 rings (SSSR count). The summed E-state index contributed by atoms with van der Waals surface area (Å²) in [5.74, 6) is -16.7. The molecule has 3 saturated heterocycles. The summed E-state index contributed by atoms with van der Waals surface area (Å²) in [6.07, 6.45) is -1.46. The van der Waals surface area contributed by atoms with Crippen LogP contribution >= 0.6 is 0 Å². The van der Waals surface area contributed by atoms with Crippen LogP contribution in [-0.4, -0.2) is 248 Å². The van der Waals surface area contributed by atoms with E-state index in [0.717, 1.165) is 4.90 Å². The van der Waals surface area contributed by atoms with Crippen LogP contribution in [0.4, 0.5) is 0 Å². The number of carbonyl (C=O) groups excluding carboxylic acids is 14. The number of likely N-dealkylation sites (tertiary alicyclic amines) is 2. The van der Waals surface area contributed by atoms with Crippen LogP contribution in [0.15, 0.2) is 58.5 Å². The molecule has 41 heteroatoms. The number of primary amides is 1. The van der Waals surface area contributed by atoms with Gasteiger partial charge in [0.1, 0.15) is 90.0 Å². The fourth-order valence-corrected chi connectivity index (χ4v) is 14.0. The Hall–Kier alpha value is -11.9. The molecule has 2 aromatic carbocycles. The number of phenolic OH excluding ortho intramolecular Hbond substituents is 2. The number of hydrogen-bond acceptors (Lipinski definition) is 21. The van der Waals surface area contributed by atoms with E-state index in [1.54, 1.807) is 41.5 Å². The molecule has 3 heterocycles. The van der Waals surface area contributed by atoms with Crippen LogP contribution in [-0.2, 0) is 89.6 Å². The number of benzene rings is 2. The number of rotatable bonds is 50. The number of unbranched alkanes of at least 4 members (excludes halogenated alkanes) is 1. The Balaban J connectivity index is 1.41. The summed E-state index contributed by atoms with van der Waals surface area (Å²) in [6, 6.07) is -7.40. The highest BCUT2D eigenvalue weighted by Gasteiger charge is 2.44. The summed E-state index contributed by atoms with van der Waals surface area (Å²) in [7, 11) is 0. The third-order valence-electron chi connectivity index (χ3n) is 20.5. The maximum atomic E-state index is 15.1. The van der Waals surface area contributed by atoms with Gasteiger partial charge in [-0.3, -0.25) is 81.9 Å². The summed E-state index contributed by atoms with van der Waals surface area (Å²) in [4.78, 5) is 234. The Bertz CT molecular complexity index is 3910. The van der Waals surface area contributed by atoms with Crippen molar-refractivity contribution in [2.75, 3.05) is 32.7 Å². The third-order valence-corrected chi connectivity index (χ3v) is 20.5. The molecule has 0 spiro atoms. The molecular formula is C78H121N21O20. The highest BCUT2D eigenvalue weighted by molar-refractivity contribution is 6.01. The normalized spacial score (nSPS) is 17.8. The van der Waals surface area contributed by atoms with E-state index in [1.165, 1.54) is 53.4 Å². The molecule has 14 amide bonds. The van der Waals surface area contributed by atoms with Crippen molar-refractivity contribution in [2.45, 2.75) is 255 Å². The molecule has 0 radical (unpaired) electrons. The van der Waals surface area contributed by atoms with E-state index >= 15 is 9.59 Å². The number of carboxylic acids is 2. The number of guanidine groups is 2. The zero-order chi connectivity index (χ0) is 88.3. The van der Waals surface area contributed by atoms with Crippen LogP contribution in [0.1, 0.15) is 175 Å². The number of carbonyl (C=O) groups is 16. The number of nitrogens with zero attached hydrogens (tertiary/aromatic N) is 4. The van der Waals surface area contributed by atoms with Crippen LogP contribution in [0, 0.1) is 17.8 Å². The van der Waals surface area contributed by atoms with E-state index in [-0.39, 0.29) is 177 Å². The van der Waals surface area contributed by atoms with Crippen molar-refractivity contribution < 1.29 is 97.1 Å². The molecule has 119 heavy (non-hydrogen) atoms. The second kappa shape index (κ2) is 48.7. The monoisotopic (exact) mass is 1670 g/mol. The molecule has 658 valence electrons. The fraction of sp³-hybridized carbons (Fsp3) is 0.615. The minimum absolute atomic E-state index is 0.00423. The van der Waals surface area contributed by atoms with Gasteiger partial charge in [0.2, 0.25) is 82.7 Å².